The topological polar surface area (TPSA) is 125 Å². The molecule has 1 unspecified atom stereocenters. The Balaban J connectivity index is 2.74. The van der Waals surface area contributed by atoms with Gasteiger partial charge in [-0.25, -0.2) is 0 Å². The monoisotopic (exact) mass is 325 g/mol. The molecule has 1 aliphatic rings. The molecule has 0 saturated heterocycles. The summed E-state index contributed by atoms with van der Waals surface area (Å²) >= 11 is 0. The van der Waals surface area contributed by atoms with Crippen molar-refractivity contribution in [1.29, 1.82) is 0 Å². The van der Waals surface area contributed by atoms with Gasteiger partial charge < -0.3 is 10.8 Å². The lowest BCUT2D eigenvalue weighted by Crippen LogP contribution is -2.33. The zero-order valence-corrected chi connectivity index (χ0v) is 13.3. The van der Waals surface area contributed by atoms with Gasteiger partial charge in [-0.05, 0) is 38.3 Å². The molecule has 0 fully saturated rings. The smallest absolute Gasteiger partial charge is 0.296 e. The summed E-state index contributed by atoms with van der Waals surface area (Å²) in [6.07, 6.45) is 4.45. The summed E-state index contributed by atoms with van der Waals surface area (Å²) in [6.45, 7) is 3.88. The maximum Gasteiger partial charge on any atom is 0.296 e. The lowest BCUT2D eigenvalue weighted by Gasteiger charge is -2.18. The second-order valence-electron chi connectivity index (χ2n) is 5.52. The van der Waals surface area contributed by atoms with E-state index < -0.39 is 20.6 Å². The summed E-state index contributed by atoms with van der Waals surface area (Å²) in [5.74, 6) is -0.323. The van der Waals surface area contributed by atoms with Crippen molar-refractivity contribution in [2.24, 2.45) is 16.0 Å². The molecule has 1 aromatic rings. The predicted molar refractivity (Wildman–Crippen MR) is 82.9 cm³/mol. The van der Waals surface area contributed by atoms with Crippen LogP contribution < -0.4 is 5.73 Å². The fourth-order valence-corrected chi connectivity index (χ4v) is 2.96. The van der Waals surface area contributed by atoms with Crippen molar-refractivity contribution < 1.29 is 18.1 Å². The van der Waals surface area contributed by atoms with Crippen LogP contribution in [-0.4, -0.2) is 30.2 Å². The third-order valence-electron chi connectivity index (χ3n) is 3.52. The molecule has 0 saturated carbocycles. The fourth-order valence-electron chi connectivity index (χ4n) is 2.29. The number of benzene rings is 1. The van der Waals surface area contributed by atoms with Crippen molar-refractivity contribution in [2.75, 3.05) is 6.54 Å². The first kappa shape index (κ1) is 16.6. The summed E-state index contributed by atoms with van der Waals surface area (Å²) in [7, 11) is -4.53. The van der Waals surface area contributed by atoms with E-state index in [1.165, 1.54) is 6.07 Å². The van der Waals surface area contributed by atoms with E-state index in [0.29, 0.717) is 30.5 Å². The Hall–Kier alpha value is -1.77. The summed E-state index contributed by atoms with van der Waals surface area (Å²) < 4.78 is 32.5. The SMILES string of the molecule is CCN=Nc1c(S(=O)(=O)O)cc2c(c1O)C=CC(C)(N)CC2. The number of phenolic OH excluding ortho intramolecular Hbond substituents is 1. The minimum atomic E-state index is -4.53. The van der Waals surface area contributed by atoms with E-state index in [4.69, 9.17) is 5.73 Å². The number of phenols is 1. The van der Waals surface area contributed by atoms with Gasteiger partial charge in [-0.3, -0.25) is 4.55 Å². The van der Waals surface area contributed by atoms with Crippen LogP contribution in [0.25, 0.3) is 6.08 Å². The van der Waals surface area contributed by atoms with Crippen LogP contribution in [0.5, 0.6) is 5.75 Å². The molecule has 1 aromatic carbocycles. The first-order valence-corrected chi connectivity index (χ1v) is 8.31. The Morgan fingerprint density at radius 2 is 2.14 bits per heavy atom. The first-order chi connectivity index (χ1) is 10.2. The van der Waals surface area contributed by atoms with Gasteiger partial charge in [0, 0.05) is 11.1 Å². The highest BCUT2D eigenvalue weighted by Gasteiger charge is 2.27. The van der Waals surface area contributed by atoms with Crippen LogP contribution in [0.2, 0.25) is 0 Å². The van der Waals surface area contributed by atoms with E-state index in [1.54, 1.807) is 19.1 Å². The number of hydrogen-bond donors (Lipinski definition) is 3. The number of rotatable bonds is 3. The summed E-state index contributed by atoms with van der Waals surface area (Å²) in [5.41, 5.74) is 6.29. The molecule has 0 bridgehead atoms. The maximum absolute atomic E-state index is 11.6. The van der Waals surface area contributed by atoms with Crippen molar-refractivity contribution in [3.63, 3.8) is 0 Å². The van der Waals surface area contributed by atoms with Crippen LogP contribution in [-0.2, 0) is 16.5 Å². The maximum atomic E-state index is 11.6. The van der Waals surface area contributed by atoms with Crippen molar-refractivity contribution in [1.82, 2.24) is 0 Å². The van der Waals surface area contributed by atoms with E-state index in [0.717, 1.165) is 0 Å². The number of hydrogen-bond acceptors (Lipinski definition) is 6. The molecule has 0 heterocycles. The zero-order valence-electron chi connectivity index (χ0n) is 12.4. The lowest BCUT2D eigenvalue weighted by molar-refractivity contribution is 0.465. The Labute approximate surface area is 129 Å². The van der Waals surface area contributed by atoms with E-state index in [2.05, 4.69) is 10.2 Å². The van der Waals surface area contributed by atoms with Gasteiger partial charge in [0.2, 0.25) is 0 Å². The van der Waals surface area contributed by atoms with Gasteiger partial charge in [0.25, 0.3) is 10.1 Å². The Kier molecular flexibility index (Phi) is 4.37. The van der Waals surface area contributed by atoms with Gasteiger partial charge in [-0.2, -0.15) is 18.6 Å². The molecular weight excluding hydrogens is 306 g/mol. The third-order valence-corrected chi connectivity index (χ3v) is 4.38. The molecule has 1 aliphatic carbocycles. The number of nitrogens with two attached hydrogens (primary N) is 1. The van der Waals surface area contributed by atoms with Crippen molar-refractivity contribution in [2.45, 2.75) is 37.1 Å². The molecule has 120 valence electrons. The highest BCUT2D eigenvalue weighted by Crippen LogP contribution is 2.41. The van der Waals surface area contributed by atoms with Crippen molar-refractivity contribution in [3.05, 3.63) is 23.3 Å². The summed E-state index contributed by atoms with van der Waals surface area (Å²) in [5, 5.41) is 17.8. The van der Waals surface area contributed by atoms with Crippen LogP contribution in [0.4, 0.5) is 5.69 Å². The lowest BCUT2D eigenvalue weighted by atomic mass is 9.96. The average molecular weight is 325 g/mol. The Bertz CT molecular complexity index is 752. The molecule has 4 N–H and O–H groups in total. The average Bonchev–Trinajstić information content (AvgIpc) is 2.56. The first-order valence-electron chi connectivity index (χ1n) is 6.87. The number of fused-ring (bicyclic) bond motifs is 1. The second kappa shape index (κ2) is 5.79. The fraction of sp³-hybridized carbons (Fsp3) is 0.429. The number of nitrogens with zero attached hydrogens (tertiary/aromatic N) is 2. The molecule has 2 rings (SSSR count). The highest BCUT2D eigenvalue weighted by atomic mass is 32.2. The van der Waals surface area contributed by atoms with Crippen LogP contribution >= 0.6 is 0 Å². The van der Waals surface area contributed by atoms with E-state index in [9.17, 15) is 18.1 Å². The van der Waals surface area contributed by atoms with Gasteiger partial charge in [0.1, 0.15) is 10.6 Å². The minimum Gasteiger partial charge on any atom is -0.505 e. The molecule has 0 aliphatic heterocycles. The Morgan fingerprint density at radius 3 is 2.73 bits per heavy atom. The van der Waals surface area contributed by atoms with Gasteiger partial charge >= 0.3 is 0 Å². The van der Waals surface area contributed by atoms with Gasteiger partial charge in [-0.1, -0.05) is 12.2 Å². The molecule has 0 radical (unpaired) electrons. The third kappa shape index (κ3) is 3.34. The molecule has 1 atom stereocenters. The van der Waals surface area contributed by atoms with E-state index in [-0.39, 0.29) is 11.4 Å². The van der Waals surface area contributed by atoms with Gasteiger partial charge in [-0.15, -0.1) is 0 Å². The number of azo groups is 1. The van der Waals surface area contributed by atoms with Crippen LogP contribution in [0.3, 0.4) is 0 Å². The second-order valence-corrected chi connectivity index (χ2v) is 6.91. The van der Waals surface area contributed by atoms with Crippen molar-refractivity contribution >= 4 is 21.9 Å². The van der Waals surface area contributed by atoms with E-state index in [1.807, 2.05) is 6.92 Å². The van der Waals surface area contributed by atoms with Crippen LogP contribution in [0.1, 0.15) is 31.4 Å². The van der Waals surface area contributed by atoms with Gasteiger partial charge in [0.05, 0.1) is 6.54 Å². The normalized spacial score (nSPS) is 21.8. The molecule has 0 aromatic heterocycles. The highest BCUT2D eigenvalue weighted by molar-refractivity contribution is 7.86. The van der Waals surface area contributed by atoms with Gasteiger partial charge in [0.15, 0.2) is 5.75 Å². The van der Waals surface area contributed by atoms with Crippen molar-refractivity contribution in [3.8, 4) is 5.75 Å². The quantitative estimate of drug-likeness (QED) is 0.581. The Morgan fingerprint density at radius 1 is 1.45 bits per heavy atom. The zero-order chi connectivity index (χ0) is 16.5. The standard InChI is InChI=1S/C14H19N3O4S/c1-3-16-17-12-11(22(19,20)21)8-9-4-6-14(2,15)7-5-10(9)13(12)18/h5,7-8,18H,3-4,6,15H2,1-2H3,(H,19,20,21). The van der Waals surface area contributed by atoms with Crippen LogP contribution in [0, 0.1) is 0 Å². The van der Waals surface area contributed by atoms with E-state index >= 15 is 0 Å². The molecule has 0 amide bonds. The molecule has 8 heteroatoms. The molecular formula is C14H19N3O4S. The molecule has 22 heavy (non-hydrogen) atoms. The predicted octanol–water partition coefficient (Wildman–Crippen LogP) is 2.42. The largest absolute Gasteiger partial charge is 0.505 e. The summed E-state index contributed by atoms with van der Waals surface area (Å²) in [6, 6.07) is 1.32. The molecule has 7 nitrogen and oxygen atoms in total. The van der Waals surface area contributed by atoms with Crippen LogP contribution in [0.15, 0.2) is 27.3 Å². The minimum absolute atomic E-state index is 0.256. The number of aryl methyl sites for hydroxylation is 1. The summed E-state index contributed by atoms with van der Waals surface area (Å²) in [4.78, 5) is -0.449. The molecule has 0 spiro atoms. The number of aromatic hydroxyl groups is 1.